The highest BCUT2D eigenvalue weighted by Gasteiger charge is 2.27. The predicted octanol–water partition coefficient (Wildman–Crippen LogP) is 5.44. The molecule has 0 aliphatic heterocycles. The SMILES string of the molecule is Cc1ccc(Cl)cc1N(CCCC(=O)N(Cc1ccc(Cl)c(Cl)c1)C(C)C(=O)NC(C)C)S(C)(=O)=O. The van der Waals surface area contributed by atoms with E-state index in [2.05, 4.69) is 5.32 Å². The van der Waals surface area contributed by atoms with Gasteiger partial charge in [-0.2, -0.15) is 0 Å². The molecule has 0 aliphatic rings. The van der Waals surface area contributed by atoms with Crippen LogP contribution in [0.5, 0.6) is 0 Å². The smallest absolute Gasteiger partial charge is 0.242 e. The zero-order chi connectivity index (χ0) is 27.2. The van der Waals surface area contributed by atoms with E-state index in [1.54, 1.807) is 50.2 Å². The summed E-state index contributed by atoms with van der Waals surface area (Å²) in [5, 5.41) is 3.98. The van der Waals surface area contributed by atoms with Crippen molar-refractivity contribution in [3.63, 3.8) is 0 Å². The number of carbonyl (C=O) groups is 2. The molecule has 7 nitrogen and oxygen atoms in total. The Morgan fingerprint density at radius 1 is 1.00 bits per heavy atom. The zero-order valence-corrected chi connectivity index (χ0v) is 24.1. The van der Waals surface area contributed by atoms with Gasteiger partial charge in [-0.05, 0) is 69.5 Å². The predicted molar refractivity (Wildman–Crippen MR) is 147 cm³/mol. The molecule has 0 fully saturated rings. The number of amides is 2. The zero-order valence-electron chi connectivity index (χ0n) is 21.0. The summed E-state index contributed by atoms with van der Waals surface area (Å²) in [7, 11) is -3.62. The Hall–Kier alpha value is -2.00. The number of rotatable bonds is 11. The molecule has 0 aromatic heterocycles. The Kier molecular flexibility index (Phi) is 10.9. The van der Waals surface area contributed by atoms with E-state index < -0.39 is 16.1 Å². The number of nitrogens with one attached hydrogen (secondary N) is 1. The van der Waals surface area contributed by atoms with Gasteiger partial charge in [-0.25, -0.2) is 8.42 Å². The summed E-state index contributed by atoms with van der Waals surface area (Å²) in [5.74, 6) is -0.575. The highest BCUT2D eigenvalue weighted by atomic mass is 35.5. The molecule has 11 heteroatoms. The minimum atomic E-state index is -3.62. The van der Waals surface area contributed by atoms with Crippen LogP contribution in [0, 0.1) is 6.92 Å². The number of hydrogen-bond acceptors (Lipinski definition) is 4. The topological polar surface area (TPSA) is 86.8 Å². The van der Waals surface area contributed by atoms with Gasteiger partial charge in [-0.1, -0.05) is 46.9 Å². The van der Waals surface area contributed by atoms with Gasteiger partial charge in [0.05, 0.1) is 22.0 Å². The fourth-order valence-corrected chi connectivity index (χ4v) is 5.16. The Bertz CT molecular complexity index is 1210. The number of nitrogens with zero attached hydrogens (tertiary/aromatic N) is 2. The van der Waals surface area contributed by atoms with Crippen molar-refractivity contribution >= 4 is 62.3 Å². The summed E-state index contributed by atoms with van der Waals surface area (Å²) >= 11 is 18.3. The molecular weight excluding hydrogens is 545 g/mol. The minimum Gasteiger partial charge on any atom is -0.352 e. The first kappa shape index (κ1) is 30.2. The van der Waals surface area contributed by atoms with Gasteiger partial charge in [0.2, 0.25) is 21.8 Å². The monoisotopic (exact) mass is 575 g/mol. The lowest BCUT2D eigenvalue weighted by molar-refractivity contribution is -0.140. The number of halogens is 3. The number of anilines is 1. The van der Waals surface area contributed by atoms with Crippen LogP contribution < -0.4 is 9.62 Å². The van der Waals surface area contributed by atoms with Gasteiger partial charge in [0.25, 0.3) is 0 Å². The Balaban J connectivity index is 2.23. The van der Waals surface area contributed by atoms with E-state index in [1.165, 1.54) is 9.21 Å². The fraction of sp³-hybridized carbons (Fsp3) is 0.440. The van der Waals surface area contributed by atoms with E-state index in [-0.39, 0.29) is 43.8 Å². The number of aryl methyl sites for hydroxylation is 1. The number of benzene rings is 2. The van der Waals surface area contributed by atoms with Crippen molar-refractivity contribution in [3.05, 3.63) is 62.6 Å². The molecule has 2 aromatic carbocycles. The molecule has 0 heterocycles. The third kappa shape index (κ3) is 8.54. The second-order valence-corrected chi connectivity index (χ2v) is 12.1. The Labute approximate surface area is 228 Å². The van der Waals surface area contributed by atoms with Crippen molar-refractivity contribution in [3.8, 4) is 0 Å². The van der Waals surface area contributed by atoms with Crippen LogP contribution in [0.15, 0.2) is 36.4 Å². The van der Waals surface area contributed by atoms with Crippen LogP contribution in [0.4, 0.5) is 5.69 Å². The van der Waals surface area contributed by atoms with E-state index >= 15 is 0 Å². The molecule has 0 spiro atoms. The van der Waals surface area contributed by atoms with E-state index in [0.29, 0.717) is 26.3 Å². The summed E-state index contributed by atoms with van der Waals surface area (Å²) in [6.07, 6.45) is 1.39. The maximum absolute atomic E-state index is 13.3. The molecule has 1 unspecified atom stereocenters. The van der Waals surface area contributed by atoms with Crippen molar-refractivity contribution < 1.29 is 18.0 Å². The first-order valence-corrected chi connectivity index (χ1v) is 14.5. The lowest BCUT2D eigenvalue weighted by atomic mass is 10.1. The average molecular weight is 577 g/mol. The van der Waals surface area contributed by atoms with Gasteiger partial charge in [-0.15, -0.1) is 0 Å². The van der Waals surface area contributed by atoms with Gasteiger partial charge in [0, 0.05) is 30.6 Å². The van der Waals surface area contributed by atoms with Gasteiger partial charge in [0.1, 0.15) is 6.04 Å². The van der Waals surface area contributed by atoms with E-state index in [9.17, 15) is 18.0 Å². The summed E-state index contributed by atoms with van der Waals surface area (Å²) in [6, 6.07) is 9.22. The van der Waals surface area contributed by atoms with Crippen LogP contribution in [0.25, 0.3) is 0 Å². The second-order valence-electron chi connectivity index (χ2n) is 8.98. The van der Waals surface area contributed by atoms with Gasteiger partial charge >= 0.3 is 0 Å². The molecule has 2 amide bonds. The van der Waals surface area contributed by atoms with Gasteiger partial charge in [-0.3, -0.25) is 13.9 Å². The third-order valence-electron chi connectivity index (χ3n) is 5.53. The summed E-state index contributed by atoms with van der Waals surface area (Å²) in [4.78, 5) is 27.5. The Morgan fingerprint density at radius 3 is 2.25 bits per heavy atom. The van der Waals surface area contributed by atoms with Gasteiger partial charge < -0.3 is 10.2 Å². The summed E-state index contributed by atoms with van der Waals surface area (Å²) in [6.45, 7) is 7.36. The van der Waals surface area contributed by atoms with Crippen LogP contribution in [0.2, 0.25) is 15.1 Å². The molecule has 0 saturated carbocycles. The molecule has 2 aromatic rings. The first-order valence-electron chi connectivity index (χ1n) is 11.5. The van der Waals surface area contributed by atoms with Crippen molar-refractivity contribution in [2.75, 3.05) is 17.1 Å². The van der Waals surface area contributed by atoms with Crippen LogP contribution in [-0.4, -0.2) is 50.0 Å². The van der Waals surface area contributed by atoms with Crippen LogP contribution in [-0.2, 0) is 26.2 Å². The van der Waals surface area contributed by atoms with Crippen LogP contribution in [0.3, 0.4) is 0 Å². The molecule has 1 atom stereocenters. The second kappa shape index (κ2) is 13.0. The Morgan fingerprint density at radius 2 is 1.67 bits per heavy atom. The molecule has 0 aliphatic carbocycles. The molecule has 1 N–H and O–H groups in total. The number of sulfonamides is 1. The summed E-state index contributed by atoms with van der Waals surface area (Å²) in [5.41, 5.74) is 1.93. The van der Waals surface area contributed by atoms with E-state index in [4.69, 9.17) is 34.8 Å². The maximum Gasteiger partial charge on any atom is 0.242 e. The molecule has 0 bridgehead atoms. The van der Waals surface area contributed by atoms with Crippen molar-refractivity contribution in [2.45, 2.75) is 59.2 Å². The van der Waals surface area contributed by atoms with Crippen LogP contribution in [0.1, 0.15) is 44.7 Å². The maximum atomic E-state index is 13.3. The normalized spacial score (nSPS) is 12.4. The van der Waals surface area contributed by atoms with Crippen molar-refractivity contribution in [2.24, 2.45) is 0 Å². The molecule has 36 heavy (non-hydrogen) atoms. The third-order valence-corrected chi connectivity index (χ3v) is 7.68. The van der Waals surface area contributed by atoms with Crippen molar-refractivity contribution in [1.29, 1.82) is 0 Å². The molecule has 0 radical (unpaired) electrons. The van der Waals surface area contributed by atoms with E-state index in [1.807, 2.05) is 13.8 Å². The largest absolute Gasteiger partial charge is 0.352 e. The average Bonchev–Trinajstić information content (AvgIpc) is 2.77. The fourth-order valence-electron chi connectivity index (χ4n) is 3.66. The number of hydrogen-bond donors (Lipinski definition) is 1. The van der Waals surface area contributed by atoms with E-state index in [0.717, 1.165) is 11.8 Å². The van der Waals surface area contributed by atoms with Crippen LogP contribution >= 0.6 is 34.8 Å². The lowest BCUT2D eigenvalue weighted by Gasteiger charge is -2.30. The standard InChI is InChI=1S/C25H32Cl3N3O4S/c1-16(2)29-25(33)18(4)30(15-19-9-11-21(27)22(28)13-19)24(32)7-6-12-31(36(5,34)35)23-14-20(26)10-8-17(23)3/h8-11,13-14,16,18H,6-7,12,15H2,1-5H3,(H,29,33). The molecule has 0 saturated heterocycles. The first-order chi connectivity index (χ1) is 16.7. The number of carbonyl (C=O) groups excluding carboxylic acids is 2. The quantitative estimate of drug-likeness (QED) is 0.386. The molecule has 2 rings (SSSR count). The highest BCUT2D eigenvalue weighted by Crippen LogP contribution is 2.27. The highest BCUT2D eigenvalue weighted by molar-refractivity contribution is 7.92. The molecule has 198 valence electrons. The van der Waals surface area contributed by atoms with Gasteiger partial charge in [0.15, 0.2) is 0 Å². The van der Waals surface area contributed by atoms with Crippen molar-refractivity contribution in [1.82, 2.24) is 10.2 Å². The minimum absolute atomic E-state index is 0.0340. The summed E-state index contributed by atoms with van der Waals surface area (Å²) < 4.78 is 26.3. The lowest BCUT2D eigenvalue weighted by Crippen LogP contribution is -2.49. The molecular formula is C25H32Cl3N3O4S.